The van der Waals surface area contributed by atoms with Crippen LogP contribution >= 0.6 is 27.3 Å². The first-order valence-electron chi connectivity index (χ1n) is 4.32. The summed E-state index contributed by atoms with van der Waals surface area (Å²) in [5.41, 5.74) is 0. The van der Waals surface area contributed by atoms with Crippen molar-refractivity contribution >= 4 is 33.2 Å². The van der Waals surface area contributed by atoms with Crippen molar-refractivity contribution in [3.05, 3.63) is 20.8 Å². The molecule has 0 saturated carbocycles. The Balaban J connectivity index is 2.41. The SMILES string of the molecule is CNC(=O)C(C)NCc1sccc1Br. The Labute approximate surface area is 96.0 Å². The van der Waals surface area contributed by atoms with Crippen LogP contribution in [0.2, 0.25) is 0 Å². The summed E-state index contributed by atoms with van der Waals surface area (Å²) >= 11 is 5.11. The van der Waals surface area contributed by atoms with Gasteiger partial charge in [-0.2, -0.15) is 0 Å². The zero-order chi connectivity index (χ0) is 10.6. The molecule has 0 bridgehead atoms. The van der Waals surface area contributed by atoms with E-state index in [9.17, 15) is 4.79 Å². The lowest BCUT2D eigenvalue weighted by molar-refractivity contribution is -0.122. The molecule has 1 aromatic heterocycles. The minimum Gasteiger partial charge on any atom is -0.358 e. The van der Waals surface area contributed by atoms with Gasteiger partial charge in [0.15, 0.2) is 0 Å². The number of likely N-dealkylation sites (N-methyl/N-ethyl adjacent to an activating group) is 1. The van der Waals surface area contributed by atoms with Gasteiger partial charge in [-0.15, -0.1) is 11.3 Å². The highest BCUT2D eigenvalue weighted by Gasteiger charge is 2.10. The second kappa shape index (κ2) is 5.48. The number of hydrogen-bond acceptors (Lipinski definition) is 3. The van der Waals surface area contributed by atoms with Gasteiger partial charge in [-0.25, -0.2) is 0 Å². The number of carbonyl (C=O) groups excluding carboxylic acids is 1. The van der Waals surface area contributed by atoms with Crippen LogP contribution in [0.4, 0.5) is 0 Å². The molecule has 1 heterocycles. The van der Waals surface area contributed by atoms with Crippen LogP contribution in [0.5, 0.6) is 0 Å². The number of rotatable bonds is 4. The first-order valence-corrected chi connectivity index (χ1v) is 5.99. The standard InChI is InChI=1S/C9H13BrN2OS/c1-6(9(13)11-2)12-5-8-7(10)3-4-14-8/h3-4,6,12H,5H2,1-2H3,(H,11,13). The van der Waals surface area contributed by atoms with Crippen molar-refractivity contribution in [2.24, 2.45) is 0 Å². The fraction of sp³-hybridized carbons (Fsp3) is 0.444. The van der Waals surface area contributed by atoms with E-state index in [0.717, 1.165) is 4.47 Å². The molecule has 0 aromatic carbocycles. The van der Waals surface area contributed by atoms with E-state index in [1.807, 2.05) is 18.4 Å². The molecule has 0 aliphatic heterocycles. The Kier molecular flexibility index (Phi) is 4.57. The molecule has 1 aromatic rings. The van der Waals surface area contributed by atoms with E-state index in [2.05, 4.69) is 26.6 Å². The molecule has 0 radical (unpaired) electrons. The lowest BCUT2D eigenvalue weighted by Crippen LogP contribution is -2.40. The van der Waals surface area contributed by atoms with Gasteiger partial charge < -0.3 is 10.6 Å². The molecular formula is C9H13BrN2OS. The second-order valence-electron chi connectivity index (χ2n) is 2.91. The van der Waals surface area contributed by atoms with E-state index in [1.165, 1.54) is 4.88 Å². The predicted octanol–water partition coefficient (Wildman–Crippen LogP) is 1.73. The third-order valence-corrected chi connectivity index (χ3v) is 3.83. The van der Waals surface area contributed by atoms with Gasteiger partial charge in [-0.1, -0.05) is 0 Å². The Bertz CT molecular complexity index is 314. The number of carbonyl (C=O) groups is 1. The fourth-order valence-corrected chi connectivity index (χ4v) is 2.45. The van der Waals surface area contributed by atoms with Crippen LogP contribution in [0.1, 0.15) is 11.8 Å². The van der Waals surface area contributed by atoms with Crippen LogP contribution < -0.4 is 10.6 Å². The van der Waals surface area contributed by atoms with Gasteiger partial charge in [0.1, 0.15) is 0 Å². The van der Waals surface area contributed by atoms with E-state index in [0.29, 0.717) is 6.54 Å². The van der Waals surface area contributed by atoms with Gasteiger partial charge in [-0.05, 0) is 34.3 Å². The zero-order valence-electron chi connectivity index (χ0n) is 8.13. The highest BCUT2D eigenvalue weighted by atomic mass is 79.9. The third-order valence-electron chi connectivity index (χ3n) is 1.90. The summed E-state index contributed by atoms with van der Waals surface area (Å²) < 4.78 is 1.10. The van der Waals surface area contributed by atoms with Gasteiger partial charge in [0.2, 0.25) is 5.91 Å². The normalized spacial score (nSPS) is 12.5. The van der Waals surface area contributed by atoms with Crippen molar-refractivity contribution in [3.63, 3.8) is 0 Å². The molecular weight excluding hydrogens is 264 g/mol. The maximum absolute atomic E-state index is 11.2. The van der Waals surface area contributed by atoms with Gasteiger partial charge in [0.05, 0.1) is 6.04 Å². The van der Waals surface area contributed by atoms with Crippen LogP contribution in [-0.2, 0) is 11.3 Å². The molecule has 1 rings (SSSR count). The largest absolute Gasteiger partial charge is 0.358 e. The Morgan fingerprint density at radius 3 is 2.93 bits per heavy atom. The Hall–Kier alpha value is -0.390. The summed E-state index contributed by atoms with van der Waals surface area (Å²) in [6.45, 7) is 2.56. The van der Waals surface area contributed by atoms with Crippen molar-refractivity contribution in [1.29, 1.82) is 0 Å². The number of hydrogen-bond donors (Lipinski definition) is 2. The van der Waals surface area contributed by atoms with Gasteiger partial charge in [0.25, 0.3) is 0 Å². The van der Waals surface area contributed by atoms with E-state index in [4.69, 9.17) is 0 Å². The number of amides is 1. The highest BCUT2D eigenvalue weighted by Crippen LogP contribution is 2.22. The lowest BCUT2D eigenvalue weighted by Gasteiger charge is -2.11. The maximum atomic E-state index is 11.2. The number of thiophene rings is 1. The molecule has 14 heavy (non-hydrogen) atoms. The first kappa shape index (κ1) is 11.7. The molecule has 78 valence electrons. The average molecular weight is 277 g/mol. The topological polar surface area (TPSA) is 41.1 Å². The summed E-state index contributed by atoms with van der Waals surface area (Å²) in [6.07, 6.45) is 0. The van der Waals surface area contributed by atoms with Gasteiger partial charge in [0, 0.05) is 22.9 Å². The Morgan fingerprint density at radius 2 is 2.43 bits per heavy atom. The molecule has 1 amide bonds. The summed E-state index contributed by atoms with van der Waals surface area (Å²) in [7, 11) is 1.64. The van der Waals surface area contributed by atoms with Crippen molar-refractivity contribution < 1.29 is 4.79 Å². The highest BCUT2D eigenvalue weighted by molar-refractivity contribution is 9.10. The molecule has 0 spiro atoms. The number of nitrogens with one attached hydrogen (secondary N) is 2. The fourth-order valence-electron chi connectivity index (χ4n) is 1.01. The van der Waals surface area contributed by atoms with Crippen LogP contribution in [-0.4, -0.2) is 19.0 Å². The second-order valence-corrected chi connectivity index (χ2v) is 4.76. The molecule has 2 N–H and O–H groups in total. The molecule has 0 saturated heterocycles. The zero-order valence-corrected chi connectivity index (χ0v) is 10.5. The average Bonchev–Trinajstić information content (AvgIpc) is 2.59. The molecule has 1 unspecified atom stereocenters. The van der Waals surface area contributed by atoms with Crippen molar-refractivity contribution in [1.82, 2.24) is 10.6 Å². The van der Waals surface area contributed by atoms with Crippen molar-refractivity contribution in [3.8, 4) is 0 Å². The van der Waals surface area contributed by atoms with E-state index < -0.39 is 0 Å². The maximum Gasteiger partial charge on any atom is 0.236 e. The number of halogens is 1. The predicted molar refractivity (Wildman–Crippen MR) is 62.4 cm³/mol. The minimum atomic E-state index is -0.158. The minimum absolute atomic E-state index is 0.0117. The first-order chi connectivity index (χ1) is 6.65. The van der Waals surface area contributed by atoms with Crippen molar-refractivity contribution in [2.45, 2.75) is 19.5 Å². The third kappa shape index (κ3) is 3.08. The Morgan fingerprint density at radius 1 is 1.71 bits per heavy atom. The van der Waals surface area contributed by atoms with Crippen molar-refractivity contribution in [2.75, 3.05) is 7.05 Å². The van der Waals surface area contributed by atoms with E-state index in [-0.39, 0.29) is 11.9 Å². The van der Waals surface area contributed by atoms with E-state index in [1.54, 1.807) is 18.4 Å². The summed E-state index contributed by atoms with van der Waals surface area (Å²) in [5, 5.41) is 7.76. The van der Waals surface area contributed by atoms with Gasteiger partial charge >= 0.3 is 0 Å². The van der Waals surface area contributed by atoms with E-state index >= 15 is 0 Å². The molecule has 0 aliphatic rings. The van der Waals surface area contributed by atoms with Crippen LogP contribution in [0.3, 0.4) is 0 Å². The summed E-state index contributed by atoms with van der Waals surface area (Å²) in [6, 6.07) is 1.85. The van der Waals surface area contributed by atoms with Crippen LogP contribution in [0, 0.1) is 0 Å². The van der Waals surface area contributed by atoms with Gasteiger partial charge in [-0.3, -0.25) is 4.79 Å². The summed E-state index contributed by atoms with van der Waals surface area (Å²) in [5.74, 6) is 0.0117. The van der Waals surface area contributed by atoms with Crippen LogP contribution in [0.15, 0.2) is 15.9 Å². The summed E-state index contributed by atoms with van der Waals surface area (Å²) in [4.78, 5) is 12.4. The lowest BCUT2D eigenvalue weighted by atomic mass is 10.3. The molecule has 1 atom stereocenters. The monoisotopic (exact) mass is 276 g/mol. The molecule has 0 aliphatic carbocycles. The quantitative estimate of drug-likeness (QED) is 0.880. The smallest absolute Gasteiger partial charge is 0.236 e. The molecule has 3 nitrogen and oxygen atoms in total. The molecule has 5 heteroatoms. The molecule has 0 fully saturated rings. The van der Waals surface area contributed by atoms with Crippen LogP contribution in [0.25, 0.3) is 0 Å².